The van der Waals surface area contributed by atoms with E-state index in [9.17, 15) is 0 Å². The second kappa shape index (κ2) is 3.74. The van der Waals surface area contributed by atoms with E-state index >= 15 is 0 Å². The molecular weight excluding hydrogens is 158 g/mol. The van der Waals surface area contributed by atoms with E-state index in [1.807, 2.05) is 24.3 Å². The lowest BCUT2D eigenvalue weighted by Crippen LogP contribution is -2.08. The van der Waals surface area contributed by atoms with Crippen molar-refractivity contribution in [1.29, 1.82) is 0 Å². The maximum Gasteiger partial charge on any atom is 0.0441 e. The average Bonchev–Trinajstić information content (AvgIpc) is 2.04. The predicted octanol–water partition coefficient (Wildman–Crippen LogP) is 2.40. The highest BCUT2D eigenvalue weighted by Gasteiger charge is 2.05. The highest BCUT2D eigenvalue weighted by atomic mass is 35.5. The van der Waals surface area contributed by atoms with Gasteiger partial charge in [-0.25, -0.2) is 0 Å². The molecule has 2 heteroatoms. The van der Waals surface area contributed by atoms with Crippen molar-refractivity contribution in [2.75, 3.05) is 6.54 Å². The molecule has 0 saturated heterocycles. The fourth-order valence-electron chi connectivity index (χ4n) is 1.00. The van der Waals surface area contributed by atoms with Gasteiger partial charge < -0.3 is 5.73 Å². The number of hydrogen-bond donors (Lipinski definition) is 1. The summed E-state index contributed by atoms with van der Waals surface area (Å²) in [6, 6.07) is 7.81. The van der Waals surface area contributed by atoms with Gasteiger partial charge in [-0.05, 0) is 24.1 Å². The highest BCUT2D eigenvalue weighted by molar-refractivity contribution is 6.31. The fraction of sp³-hybridized carbons (Fsp3) is 0.333. The second-order valence-electron chi connectivity index (χ2n) is 2.66. The molecule has 2 N–H and O–H groups in total. The second-order valence-corrected chi connectivity index (χ2v) is 3.07. The lowest BCUT2D eigenvalue weighted by Gasteiger charge is -2.09. The summed E-state index contributed by atoms with van der Waals surface area (Å²) in [5.41, 5.74) is 6.65. The lowest BCUT2D eigenvalue weighted by atomic mass is 10.0. The van der Waals surface area contributed by atoms with Crippen LogP contribution in [0.5, 0.6) is 0 Å². The van der Waals surface area contributed by atoms with Crippen LogP contribution in [0.2, 0.25) is 5.02 Å². The molecule has 0 bridgehead atoms. The predicted molar refractivity (Wildman–Crippen MR) is 48.9 cm³/mol. The van der Waals surface area contributed by atoms with Crippen molar-refractivity contribution < 1.29 is 0 Å². The van der Waals surface area contributed by atoms with Crippen LogP contribution in [-0.4, -0.2) is 6.54 Å². The third-order valence-corrected chi connectivity index (χ3v) is 2.13. The van der Waals surface area contributed by atoms with Crippen molar-refractivity contribution in [3.63, 3.8) is 0 Å². The Bertz CT molecular complexity index is 235. The van der Waals surface area contributed by atoms with E-state index in [2.05, 4.69) is 6.92 Å². The fourth-order valence-corrected chi connectivity index (χ4v) is 1.32. The average molecular weight is 170 g/mol. The third kappa shape index (κ3) is 1.95. The molecule has 0 radical (unpaired) electrons. The molecule has 0 aliphatic heterocycles. The molecule has 0 saturated carbocycles. The summed E-state index contributed by atoms with van der Waals surface area (Å²) in [6.07, 6.45) is 0. The summed E-state index contributed by atoms with van der Waals surface area (Å²) in [6.45, 7) is 2.71. The monoisotopic (exact) mass is 169 g/mol. The van der Waals surface area contributed by atoms with Gasteiger partial charge in [-0.2, -0.15) is 0 Å². The number of rotatable bonds is 2. The van der Waals surface area contributed by atoms with E-state index in [-0.39, 0.29) is 0 Å². The molecule has 11 heavy (non-hydrogen) atoms. The third-order valence-electron chi connectivity index (χ3n) is 1.79. The van der Waals surface area contributed by atoms with Crippen LogP contribution in [0.1, 0.15) is 18.4 Å². The van der Waals surface area contributed by atoms with Crippen molar-refractivity contribution in [2.45, 2.75) is 12.8 Å². The molecule has 1 rings (SSSR count). The number of benzene rings is 1. The molecular formula is C9H12ClN. The van der Waals surface area contributed by atoms with Gasteiger partial charge in [0.05, 0.1) is 0 Å². The maximum atomic E-state index is 5.94. The van der Waals surface area contributed by atoms with Crippen LogP contribution in [0.3, 0.4) is 0 Å². The Morgan fingerprint density at radius 3 is 2.64 bits per heavy atom. The van der Waals surface area contributed by atoms with E-state index in [1.54, 1.807) is 0 Å². The van der Waals surface area contributed by atoms with Crippen molar-refractivity contribution in [1.82, 2.24) is 0 Å². The molecule has 0 spiro atoms. The first kappa shape index (κ1) is 8.57. The van der Waals surface area contributed by atoms with Gasteiger partial charge in [-0.15, -0.1) is 0 Å². The Labute approximate surface area is 72.2 Å². The van der Waals surface area contributed by atoms with Gasteiger partial charge in [0.15, 0.2) is 0 Å². The van der Waals surface area contributed by atoms with Crippen LogP contribution < -0.4 is 5.73 Å². The van der Waals surface area contributed by atoms with Gasteiger partial charge in [-0.1, -0.05) is 36.7 Å². The maximum absolute atomic E-state index is 5.94. The van der Waals surface area contributed by atoms with Crippen LogP contribution in [-0.2, 0) is 0 Å². The summed E-state index contributed by atoms with van der Waals surface area (Å²) in [5, 5.41) is 0.811. The Morgan fingerprint density at radius 1 is 1.45 bits per heavy atom. The molecule has 0 unspecified atom stereocenters. The van der Waals surface area contributed by atoms with E-state index in [0.717, 1.165) is 10.6 Å². The van der Waals surface area contributed by atoms with Crippen molar-refractivity contribution in [3.05, 3.63) is 34.9 Å². The van der Waals surface area contributed by atoms with Gasteiger partial charge in [0, 0.05) is 5.02 Å². The molecule has 0 aliphatic carbocycles. The Kier molecular flexibility index (Phi) is 2.92. The molecule has 0 aliphatic rings. The summed E-state index contributed by atoms with van der Waals surface area (Å²) in [7, 11) is 0. The summed E-state index contributed by atoms with van der Waals surface area (Å²) >= 11 is 5.94. The van der Waals surface area contributed by atoms with Crippen LogP contribution >= 0.6 is 11.6 Å². The van der Waals surface area contributed by atoms with Crippen LogP contribution in [0.4, 0.5) is 0 Å². The zero-order valence-electron chi connectivity index (χ0n) is 6.55. The molecule has 0 heterocycles. The van der Waals surface area contributed by atoms with E-state index in [0.29, 0.717) is 12.5 Å². The minimum Gasteiger partial charge on any atom is -0.330 e. The molecule has 0 fully saturated rings. The van der Waals surface area contributed by atoms with Crippen molar-refractivity contribution >= 4 is 11.6 Å². The van der Waals surface area contributed by atoms with Gasteiger partial charge >= 0.3 is 0 Å². The first-order chi connectivity index (χ1) is 5.25. The molecule has 1 atom stereocenters. The number of hydrogen-bond acceptors (Lipinski definition) is 1. The van der Waals surface area contributed by atoms with Crippen LogP contribution in [0.25, 0.3) is 0 Å². The SMILES string of the molecule is C[C@@H](CN)c1ccccc1Cl. The molecule has 0 amide bonds. The molecule has 1 aromatic carbocycles. The van der Waals surface area contributed by atoms with Gasteiger partial charge in [0.25, 0.3) is 0 Å². The topological polar surface area (TPSA) is 26.0 Å². The Morgan fingerprint density at radius 2 is 2.09 bits per heavy atom. The quantitative estimate of drug-likeness (QED) is 0.723. The minimum atomic E-state index is 0.351. The van der Waals surface area contributed by atoms with E-state index in [1.165, 1.54) is 0 Å². The van der Waals surface area contributed by atoms with Gasteiger partial charge in [0.1, 0.15) is 0 Å². The molecule has 60 valence electrons. The zero-order valence-corrected chi connectivity index (χ0v) is 7.31. The van der Waals surface area contributed by atoms with Crippen molar-refractivity contribution in [3.8, 4) is 0 Å². The summed E-state index contributed by atoms with van der Waals surface area (Å²) in [5.74, 6) is 0.351. The van der Waals surface area contributed by atoms with Crippen LogP contribution in [0.15, 0.2) is 24.3 Å². The molecule has 1 aromatic rings. The largest absolute Gasteiger partial charge is 0.330 e. The summed E-state index contributed by atoms with van der Waals surface area (Å²) < 4.78 is 0. The first-order valence-electron chi connectivity index (χ1n) is 3.70. The highest BCUT2D eigenvalue weighted by Crippen LogP contribution is 2.22. The summed E-state index contributed by atoms with van der Waals surface area (Å²) in [4.78, 5) is 0. The van der Waals surface area contributed by atoms with Crippen LogP contribution in [0, 0.1) is 0 Å². The lowest BCUT2D eigenvalue weighted by molar-refractivity contribution is 0.774. The molecule has 0 aromatic heterocycles. The Hall–Kier alpha value is -0.530. The standard InChI is InChI=1S/C9H12ClN/c1-7(6-11)8-4-2-3-5-9(8)10/h2-5,7H,6,11H2,1H3/t7-/m0/s1. The first-order valence-corrected chi connectivity index (χ1v) is 4.08. The van der Waals surface area contributed by atoms with Gasteiger partial charge in [-0.3, -0.25) is 0 Å². The normalized spacial score (nSPS) is 13.0. The minimum absolute atomic E-state index is 0.351. The zero-order chi connectivity index (χ0) is 8.27. The number of halogens is 1. The van der Waals surface area contributed by atoms with Gasteiger partial charge in [0.2, 0.25) is 0 Å². The van der Waals surface area contributed by atoms with E-state index < -0.39 is 0 Å². The number of nitrogens with two attached hydrogens (primary N) is 1. The Balaban J connectivity index is 2.93. The van der Waals surface area contributed by atoms with E-state index in [4.69, 9.17) is 17.3 Å². The van der Waals surface area contributed by atoms with Crippen molar-refractivity contribution in [2.24, 2.45) is 5.73 Å². The molecule has 1 nitrogen and oxygen atoms in total. The smallest absolute Gasteiger partial charge is 0.0441 e.